The molecule has 1 rings (SSSR count). The third-order valence-corrected chi connectivity index (χ3v) is 3.88. The second kappa shape index (κ2) is 8.25. The SMILES string of the molecule is COC(=O)C[C@H]1CCCCC[C@H]1CNC(=O)OC(C)(C)C. The summed E-state index contributed by atoms with van der Waals surface area (Å²) in [5, 5.41) is 2.84. The first-order chi connectivity index (χ1) is 9.81. The first-order valence-corrected chi connectivity index (χ1v) is 7.85. The maximum Gasteiger partial charge on any atom is 0.407 e. The van der Waals surface area contributed by atoms with Gasteiger partial charge in [-0.1, -0.05) is 19.3 Å². The summed E-state index contributed by atoms with van der Waals surface area (Å²) in [5.74, 6) is 0.443. The van der Waals surface area contributed by atoms with Crippen LogP contribution in [0.25, 0.3) is 0 Å². The van der Waals surface area contributed by atoms with Gasteiger partial charge in [-0.25, -0.2) is 4.79 Å². The largest absolute Gasteiger partial charge is 0.469 e. The van der Waals surface area contributed by atoms with Crippen LogP contribution in [0.1, 0.15) is 59.3 Å². The van der Waals surface area contributed by atoms with Gasteiger partial charge >= 0.3 is 12.1 Å². The van der Waals surface area contributed by atoms with E-state index in [0.717, 1.165) is 25.7 Å². The Bertz CT molecular complexity index is 349. The van der Waals surface area contributed by atoms with Crippen molar-refractivity contribution in [1.29, 1.82) is 0 Å². The molecule has 5 heteroatoms. The van der Waals surface area contributed by atoms with Crippen LogP contribution in [0.3, 0.4) is 0 Å². The molecule has 5 nitrogen and oxygen atoms in total. The van der Waals surface area contributed by atoms with Crippen LogP contribution in [-0.2, 0) is 14.3 Å². The molecule has 0 spiro atoms. The Labute approximate surface area is 127 Å². The van der Waals surface area contributed by atoms with E-state index in [4.69, 9.17) is 9.47 Å². The van der Waals surface area contributed by atoms with Gasteiger partial charge in [-0.2, -0.15) is 0 Å². The van der Waals surface area contributed by atoms with Gasteiger partial charge in [0.25, 0.3) is 0 Å². The minimum Gasteiger partial charge on any atom is -0.469 e. The Kier molecular flexibility index (Phi) is 6.99. The summed E-state index contributed by atoms with van der Waals surface area (Å²) in [6, 6.07) is 0. The molecule has 0 heterocycles. The van der Waals surface area contributed by atoms with Crippen molar-refractivity contribution in [3.05, 3.63) is 0 Å². The Morgan fingerprint density at radius 3 is 2.29 bits per heavy atom. The molecule has 1 saturated carbocycles. The van der Waals surface area contributed by atoms with Gasteiger partial charge in [0.2, 0.25) is 0 Å². The van der Waals surface area contributed by atoms with Crippen LogP contribution in [-0.4, -0.2) is 31.3 Å². The molecule has 2 atom stereocenters. The zero-order chi connectivity index (χ0) is 15.9. The minimum absolute atomic E-state index is 0.163. The molecule has 0 aromatic rings. The molecular formula is C16H29NO4. The summed E-state index contributed by atoms with van der Waals surface area (Å²) < 4.78 is 10.0. The van der Waals surface area contributed by atoms with Gasteiger partial charge in [-0.15, -0.1) is 0 Å². The van der Waals surface area contributed by atoms with Crippen molar-refractivity contribution in [1.82, 2.24) is 5.32 Å². The fourth-order valence-electron chi connectivity index (χ4n) is 2.82. The third kappa shape index (κ3) is 7.34. The lowest BCUT2D eigenvalue weighted by atomic mass is 9.85. The van der Waals surface area contributed by atoms with Crippen molar-refractivity contribution < 1.29 is 19.1 Å². The number of methoxy groups -OCH3 is 1. The molecule has 0 aromatic heterocycles. The first-order valence-electron chi connectivity index (χ1n) is 7.85. The van der Waals surface area contributed by atoms with Gasteiger partial charge in [0.1, 0.15) is 5.60 Å². The van der Waals surface area contributed by atoms with E-state index in [1.54, 1.807) is 0 Å². The average Bonchev–Trinajstić information content (AvgIpc) is 2.59. The Morgan fingerprint density at radius 2 is 1.71 bits per heavy atom. The molecule has 0 bridgehead atoms. The van der Waals surface area contributed by atoms with E-state index >= 15 is 0 Å². The van der Waals surface area contributed by atoms with Gasteiger partial charge in [-0.3, -0.25) is 4.79 Å². The molecule has 122 valence electrons. The van der Waals surface area contributed by atoms with E-state index in [-0.39, 0.29) is 18.0 Å². The van der Waals surface area contributed by atoms with Crippen molar-refractivity contribution in [2.75, 3.05) is 13.7 Å². The summed E-state index contributed by atoms with van der Waals surface area (Å²) in [6.45, 7) is 6.10. The van der Waals surface area contributed by atoms with E-state index in [1.165, 1.54) is 13.5 Å². The molecule has 21 heavy (non-hydrogen) atoms. The van der Waals surface area contributed by atoms with Crippen molar-refractivity contribution >= 4 is 12.1 Å². The number of esters is 1. The number of amides is 1. The molecule has 1 amide bonds. The Morgan fingerprint density at radius 1 is 1.10 bits per heavy atom. The van der Waals surface area contributed by atoms with Crippen molar-refractivity contribution in [3.8, 4) is 0 Å². The average molecular weight is 299 g/mol. The highest BCUT2D eigenvalue weighted by Crippen LogP contribution is 2.31. The lowest BCUT2D eigenvalue weighted by Crippen LogP contribution is -2.37. The van der Waals surface area contributed by atoms with Gasteiger partial charge in [-0.05, 0) is 45.4 Å². The van der Waals surface area contributed by atoms with Gasteiger partial charge in [0.05, 0.1) is 7.11 Å². The summed E-state index contributed by atoms with van der Waals surface area (Å²) in [5.41, 5.74) is -0.487. The van der Waals surface area contributed by atoms with Crippen molar-refractivity contribution in [2.45, 2.75) is 64.9 Å². The molecular weight excluding hydrogens is 270 g/mol. The number of alkyl carbamates (subject to hydrolysis) is 1. The molecule has 0 radical (unpaired) electrons. The van der Waals surface area contributed by atoms with E-state index in [0.29, 0.717) is 18.9 Å². The van der Waals surface area contributed by atoms with Crippen LogP contribution in [0, 0.1) is 11.8 Å². The number of carbonyl (C=O) groups is 2. The Hall–Kier alpha value is -1.26. The standard InChI is InChI=1S/C16H29NO4/c1-16(2,3)21-15(19)17-11-13-9-7-5-6-8-12(13)10-14(18)20-4/h12-13H,5-11H2,1-4H3,(H,17,19)/t12-,13+/m1/s1. The third-order valence-electron chi connectivity index (χ3n) is 3.88. The predicted octanol–water partition coefficient (Wildman–Crippen LogP) is 3.27. The summed E-state index contributed by atoms with van der Waals surface area (Å²) in [7, 11) is 1.42. The second-order valence-electron chi connectivity index (χ2n) is 6.82. The lowest BCUT2D eigenvalue weighted by Gasteiger charge is -2.26. The van der Waals surface area contributed by atoms with Gasteiger partial charge in [0.15, 0.2) is 0 Å². The van der Waals surface area contributed by atoms with Crippen LogP contribution in [0.2, 0.25) is 0 Å². The molecule has 1 fully saturated rings. The molecule has 0 saturated heterocycles. The highest BCUT2D eigenvalue weighted by atomic mass is 16.6. The summed E-state index contributed by atoms with van der Waals surface area (Å²) in [4.78, 5) is 23.3. The summed E-state index contributed by atoms with van der Waals surface area (Å²) in [6.07, 6.45) is 5.61. The number of hydrogen-bond donors (Lipinski definition) is 1. The normalized spacial score (nSPS) is 23.0. The number of rotatable bonds is 4. The predicted molar refractivity (Wildman–Crippen MR) is 80.9 cm³/mol. The van der Waals surface area contributed by atoms with E-state index in [1.807, 2.05) is 20.8 Å². The van der Waals surface area contributed by atoms with Crippen molar-refractivity contribution in [3.63, 3.8) is 0 Å². The van der Waals surface area contributed by atoms with Crippen LogP contribution in [0.4, 0.5) is 4.79 Å². The molecule has 0 aliphatic heterocycles. The minimum atomic E-state index is -0.487. The zero-order valence-corrected chi connectivity index (χ0v) is 13.7. The number of carbonyl (C=O) groups excluding carboxylic acids is 2. The number of ether oxygens (including phenoxy) is 2. The molecule has 0 unspecified atom stereocenters. The second-order valence-corrected chi connectivity index (χ2v) is 6.82. The van der Waals surface area contributed by atoms with Gasteiger partial charge < -0.3 is 14.8 Å². The zero-order valence-electron chi connectivity index (χ0n) is 13.7. The van der Waals surface area contributed by atoms with Crippen LogP contribution in [0.5, 0.6) is 0 Å². The smallest absolute Gasteiger partial charge is 0.407 e. The maximum absolute atomic E-state index is 11.7. The van der Waals surface area contributed by atoms with Crippen LogP contribution in [0.15, 0.2) is 0 Å². The molecule has 1 aliphatic rings. The van der Waals surface area contributed by atoms with Crippen molar-refractivity contribution in [2.24, 2.45) is 11.8 Å². The Balaban J connectivity index is 2.51. The topological polar surface area (TPSA) is 64.6 Å². The lowest BCUT2D eigenvalue weighted by molar-refractivity contribution is -0.142. The molecule has 0 aromatic carbocycles. The maximum atomic E-state index is 11.7. The highest BCUT2D eigenvalue weighted by molar-refractivity contribution is 5.69. The van der Waals surface area contributed by atoms with Gasteiger partial charge in [0, 0.05) is 13.0 Å². The van der Waals surface area contributed by atoms with E-state index in [9.17, 15) is 9.59 Å². The number of nitrogens with one attached hydrogen (secondary N) is 1. The summed E-state index contributed by atoms with van der Waals surface area (Å²) >= 11 is 0. The van der Waals surface area contributed by atoms with E-state index < -0.39 is 5.60 Å². The fourth-order valence-corrected chi connectivity index (χ4v) is 2.82. The quantitative estimate of drug-likeness (QED) is 0.639. The molecule has 1 aliphatic carbocycles. The van der Waals surface area contributed by atoms with E-state index in [2.05, 4.69) is 5.32 Å². The highest BCUT2D eigenvalue weighted by Gasteiger charge is 2.27. The monoisotopic (exact) mass is 299 g/mol. The molecule has 1 N–H and O–H groups in total. The first kappa shape index (κ1) is 17.8. The van der Waals surface area contributed by atoms with Crippen LogP contribution < -0.4 is 5.32 Å². The van der Waals surface area contributed by atoms with Crippen LogP contribution >= 0.6 is 0 Å². The fraction of sp³-hybridized carbons (Fsp3) is 0.875. The number of hydrogen-bond acceptors (Lipinski definition) is 4.